The zero-order valence-electron chi connectivity index (χ0n) is 10.3. The number of rotatable bonds is 5. The van der Waals surface area contributed by atoms with Gasteiger partial charge in [0.25, 0.3) is 0 Å². The lowest BCUT2D eigenvalue weighted by Crippen LogP contribution is -2.22. The molecule has 16 heavy (non-hydrogen) atoms. The monoisotopic (exact) mass is 222 g/mol. The van der Waals surface area contributed by atoms with Gasteiger partial charge in [-0.2, -0.15) is 0 Å². The van der Waals surface area contributed by atoms with E-state index in [0.717, 1.165) is 30.6 Å². The topological polar surface area (TPSA) is 26.3 Å². The number of carbonyl (C=O) groups excluding carboxylic acids is 1. The van der Waals surface area contributed by atoms with Crippen LogP contribution in [-0.2, 0) is 9.53 Å². The summed E-state index contributed by atoms with van der Waals surface area (Å²) < 4.78 is 5.13. The molecule has 0 radical (unpaired) electrons. The third-order valence-corrected chi connectivity index (χ3v) is 4.12. The minimum Gasteiger partial charge on any atom is -0.466 e. The molecule has 1 saturated carbocycles. The van der Waals surface area contributed by atoms with Crippen molar-refractivity contribution < 1.29 is 9.53 Å². The molecule has 2 rings (SSSR count). The molecular weight excluding hydrogens is 200 g/mol. The second-order valence-corrected chi connectivity index (χ2v) is 5.13. The van der Waals surface area contributed by atoms with Crippen LogP contribution in [0.1, 0.15) is 39.5 Å². The van der Waals surface area contributed by atoms with Crippen molar-refractivity contribution in [2.45, 2.75) is 39.5 Å². The summed E-state index contributed by atoms with van der Waals surface area (Å²) in [5, 5.41) is 0. The molecule has 0 aromatic heterocycles. The Hall–Kier alpha value is -0.790. The van der Waals surface area contributed by atoms with E-state index in [1.54, 1.807) is 0 Å². The highest BCUT2D eigenvalue weighted by Gasteiger charge is 2.37. The van der Waals surface area contributed by atoms with Crippen molar-refractivity contribution in [3.63, 3.8) is 0 Å². The van der Waals surface area contributed by atoms with Crippen LogP contribution in [0.15, 0.2) is 12.2 Å². The largest absolute Gasteiger partial charge is 0.466 e. The lowest BCUT2D eigenvalue weighted by atomic mass is 9.84. The van der Waals surface area contributed by atoms with Crippen LogP contribution in [-0.4, -0.2) is 12.6 Å². The number of allylic oxidation sites excluding steroid dienone is 2. The van der Waals surface area contributed by atoms with Gasteiger partial charge in [-0.3, -0.25) is 4.79 Å². The summed E-state index contributed by atoms with van der Waals surface area (Å²) in [5.74, 6) is 2.40. The quantitative estimate of drug-likeness (QED) is 0.527. The fraction of sp³-hybridized carbons (Fsp3) is 0.786. The number of hydrogen-bond donors (Lipinski definition) is 0. The van der Waals surface area contributed by atoms with Crippen LogP contribution in [0.2, 0.25) is 0 Å². The summed E-state index contributed by atoms with van der Waals surface area (Å²) in [7, 11) is 0. The van der Waals surface area contributed by atoms with Crippen LogP contribution in [0.25, 0.3) is 0 Å². The maximum atomic E-state index is 11.7. The Morgan fingerprint density at radius 2 is 2.19 bits per heavy atom. The zero-order chi connectivity index (χ0) is 11.5. The normalized spacial score (nSPS) is 33.0. The fourth-order valence-corrected chi connectivity index (χ4v) is 3.22. The fourth-order valence-electron chi connectivity index (χ4n) is 3.22. The summed E-state index contributed by atoms with van der Waals surface area (Å²) in [5.41, 5.74) is 0. The molecule has 0 amide bonds. The van der Waals surface area contributed by atoms with Gasteiger partial charge in [-0.25, -0.2) is 0 Å². The number of carbonyl (C=O) groups is 1. The first-order valence-electron chi connectivity index (χ1n) is 6.59. The van der Waals surface area contributed by atoms with Gasteiger partial charge in [0.05, 0.1) is 12.5 Å². The predicted molar refractivity (Wildman–Crippen MR) is 63.9 cm³/mol. The molecule has 0 aromatic carbocycles. The molecule has 1 fully saturated rings. The summed E-state index contributed by atoms with van der Waals surface area (Å²) in [6.45, 7) is 4.47. The van der Waals surface area contributed by atoms with Crippen LogP contribution >= 0.6 is 0 Å². The number of hydrogen-bond acceptors (Lipinski definition) is 2. The van der Waals surface area contributed by atoms with Crippen molar-refractivity contribution >= 4 is 5.97 Å². The Bertz CT molecular complexity index is 282. The van der Waals surface area contributed by atoms with Crippen LogP contribution in [0.4, 0.5) is 0 Å². The van der Waals surface area contributed by atoms with Gasteiger partial charge in [0.15, 0.2) is 0 Å². The van der Waals surface area contributed by atoms with Gasteiger partial charge in [-0.05, 0) is 50.4 Å². The summed E-state index contributed by atoms with van der Waals surface area (Å²) in [6.07, 6.45) is 9.27. The predicted octanol–water partition coefficient (Wildman–Crippen LogP) is 3.18. The highest BCUT2D eigenvalue weighted by molar-refractivity contribution is 5.72. The van der Waals surface area contributed by atoms with Crippen molar-refractivity contribution in [1.29, 1.82) is 0 Å². The molecule has 2 heteroatoms. The van der Waals surface area contributed by atoms with Crippen LogP contribution in [0.5, 0.6) is 0 Å². The molecule has 0 spiro atoms. The van der Waals surface area contributed by atoms with E-state index in [-0.39, 0.29) is 11.9 Å². The van der Waals surface area contributed by atoms with Crippen molar-refractivity contribution in [2.75, 3.05) is 6.61 Å². The molecule has 0 aromatic rings. The molecule has 4 unspecified atom stereocenters. The van der Waals surface area contributed by atoms with E-state index in [2.05, 4.69) is 19.1 Å². The van der Waals surface area contributed by atoms with E-state index in [9.17, 15) is 4.79 Å². The van der Waals surface area contributed by atoms with Crippen molar-refractivity contribution in [3.05, 3.63) is 12.2 Å². The standard InChI is InChI=1S/C14H22O2/c1-3-11(14(15)16-4-2)9-13-8-10-5-6-12(13)7-10/h5-6,10-13H,3-4,7-9H2,1-2H3. The molecule has 90 valence electrons. The van der Waals surface area contributed by atoms with Gasteiger partial charge in [-0.15, -0.1) is 0 Å². The molecule has 2 aliphatic rings. The Balaban J connectivity index is 1.87. The first kappa shape index (κ1) is 11.7. The van der Waals surface area contributed by atoms with E-state index >= 15 is 0 Å². The smallest absolute Gasteiger partial charge is 0.308 e. The van der Waals surface area contributed by atoms with Crippen LogP contribution < -0.4 is 0 Å². The average molecular weight is 222 g/mol. The summed E-state index contributed by atoms with van der Waals surface area (Å²) in [4.78, 5) is 11.7. The lowest BCUT2D eigenvalue weighted by molar-refractivity contribution is -0.148. The first-order chi connectivity index (χ1) is 7.74. The Labute approximate surface area is 98.1 Å². The van der Waals surface area contributed by atoms with Crippen LogP contribution in [0, 0.1) is 23.7 Å². The van der Waals surface area contributed by atoms with Gasteiger partial charge in [0.1, 0.15) is 0 Å². The molecule has 2 nitrogen and oxygen atoms in total. The van der Waals surface area contributed by atoms with Crippen LogP contribution in [0.3, 0.4) is 0 Å². The zero-order valence-corrected chi connectivity index (χ0v) is 10.3. The summed E-state index contributed by atoms with van der Waals surface area (Å²) >= 11 is 0. The average Bonchev–Trinajstić information content (AvgIpc) is 2.87. The van der Waals surface area contributed by atoms with E-state index in [1.807, 2.05) is 6.92 Å². The molecule has 0 saturated heterocycles. The molecule has 0 heterocycles. The van der Waals surface area contributed by atoms with Gasteiger partial charge in [-0.1, -0.05) is 19.1 Å². The van der Waals surface area contributed by atoms with Crippen molar-refractivity contribution in [1.82, 2.24) is 0 Å². The van der Waals surface area contributed by atoms with E-state index in [1.165, 1.54) is 12.8 Å². The third-order valence-electron chi connectivity index (χ3n) is 4.12. The first-order valence-corrected chi connectivity index (χ1v) is 6.59. The van der Waals surface area contributed by atoms with Gasteiger partial charge in [0, 0.05) is 0 Å². The van der Waals surface area contributed by atoms with E-state index < -0.39 is 0 Å². The molecule has 2 bridgehead atoms. The minimum atomic E-state index is 0.0109. The molecule has 4 atom stereocenters. The Morgan fingerprint density at radius 3 is 2.69 bits per heavy atom. The minimum absolute atomic E-state index is 0.0109. The molecule has 0 N–H and O–H groups in total. The number of esters is 1. The van der Waals surface area contributed by atoms with Crippen molar-refractivity contribution in [2.24, 2.45) is 23.7 Å². The van der Waals surface area contributed by atoms with Gasteiger partial charge in [0.2, 0.25) is 0 Å². The molecule has 2 aliphatic carbocycles. The third kappa shape index (κ3) is 2.31. The van der Waals surface area contributed by atoms with Crippen molar-refractivity contribution in [3.8, 4) is 0 Å². The molecule has 0 aliphatic heterocycles. The van der Waals surface area contributed by atoms with Gasteiger partial charge < -0.3 is 4.74 Å². The Kier molecular flexibility index (Phi) is 3.67. The van der Waals surface area contributed by atoms with E-state index in [4.69, 9.17) is 4.74 Å². The summed E-state index contributed by atoms with van der Waals surface area (Å²) in [6, 6.07) is 0. The molecular formula is C14H22O2. The highest BCUT2D eigenvalue weighted by Crippen LogP contribution is 2.46. The van der Waals surface area contributed by atoms with E-state index in [0.29, 0.717) is 6.61 Å². The maximum Gasteiger partial charge on any atom is 0.308 e. The Morgan fingerprint density at radius 1 is 1.38 bits per heavy atom. The van der Waals surface area contributed by atoms with Gasteiger partial charge >= 0.3 is 5.97 Å². The lowest BCUT2D eigenvalue weighted by Gasteiger charge is -2.22. The SMILES string of the molecule is CCOC(=O)C(CC)CC1CC2C=CC1C2. The number of fused-ring (bicyclic) bond motifs is 2. The highest BCUT2D eigenvalue weighted by atomic mass is 16.5. The maximum absolute atomic E-state index is 11.7. The second kappa shape index (κ2) is 5.03. The number of ether oxygens (including phenoxy) is 1. The second-order valence-electron chi connectivity index (χ2n) is 5.13.